The van der Waals surface area contributed by atoms with E-state index in [2.05, 4.69) is 16.8 Å². The van der Waals surface area contributed by atoms with E-state index >= 15 is 0 Å². The van der Waals surface area contributed by atoms with E-state index in [0.717, 1.165) is 32.5 Å². The Morgan fingerprint density at radius 1 is 1.71 bits per heavy atom. The predicted molar refractivity (Wildman–Crippen MR) is 55.3 cm³/mol. The van der Waals surface area contributed by atoms with E-state index < -0.39 is 5.97 Å². The molecule has 1 atom stereocenters. The number of rotatable bonds is 5. The molecule has 0 aromatic heterocycles. The Bertz CT molecular complexity index is 206. The third kappa shape index (κ3) is 3.89. The highest BCUT2D eigenvalue weighted by Crippen LogP contribution is 2.09. The lowest BCUT2D eigenvalue weighted by Crippen LogP contribution is -2.46. The van der Waals surface area contributed by atoms with Crippen LogP contribution in [0.4, 0.5) is 0 Å². The maximum absolute atomic E-state index is 10.4. The van der Waals surface area contributed by atoms with Crippen molar-refractivity contribution in [1.82, 2.24) is 10.2 Å². The van der Waals surface area contributed by atoms with Gasteiger partial charge in [-0.3, -0.25) is 9.69 Å². The highest BCUT2D eigenvalue weighted by Gasteiger charge is 2.18. The molecule has 0 spiro atoms. The van der Waals surface area contributed by atoms with Crippen LogP contribution in [0, 0.1) is 0 Å². The molecule has 1 unspecified atom stereocenters. The Hall–Kier alpha value is -0.870. The van der Waals surface area contributed by atoms with Crippen molar-refractivity contribution in [3.63, 3.8) is 0 Å². The first kappa shape index (κ1) is 11.2. The van der Waals surface area contributed by atoms with Crippen LogP contribution in [-0.2, 0) is 4.79 Å². The maximum Gasteiger partial charge on any atom is 0.317 e. The Morgan fingerprint density at radius 2 is 2.50 bits per heavy atom. The first-order chi connectivity index (χ1) is 6.72. The van der Waals surface area contributed by atoms with E-state index in [1.165, 1.54) is 0 Å². The smallest absolute Gasteiger partial charge is 0.317 e. The molecule has 0 bridgehead atoms. The van der Waals surface area contributed by atoms with Crippen LogP contribution in [0.1, 0.15) is 12.8 Å². The maximum atomic E-state index is 10.4. The third-order valence-corrected chi connectivity index (χ3v) is 2.43. The number of aliphatic carboxylic acids is 1. The van der Waals surface area contributed by atoms with Crippen LogP contribution >= 0.6 is 0 Å². The van der Waals surface area contributed by atoms with Crippen LogP contribution in [0.15, 0.2) is 12.7 Å². The highest BCUT2D eigenvalue weighted by atomic mass is 16.4. The van der Waals surface area contributed by atoms with Crippen molar-refractivity contribution in [3.8, 4) is 0 Å². The molecule has 1 rings (SSSR count). The molecular weight excluding hydrogens is 180 g/mol. The molecule has 0 saturated carbocycles. The van der Waals surface area contributed by atoms with Gasteiger partial charge in [0, 0.05) is 19.1 Å². The van der Waals surface area contributed by atoms with Gasteiger partial charge in [-0.15, -0.1) is 6.58 Å². The first-order valence-corrected chi connectivity index (χ1v) is 5.01. The Morgan fingerprint density at radius 3 is 3.14 bits per heavy atom. The molecule has 1 heterocycles. The molecule has 14 heavy (non-hydrogen) atoms. The van der Waals surface area contributed by atoms with Crippen LogP contribution in [0.25, 0.3) is 0 Å². The number of hydrogen-bond donors (Lipinski definition) is 2. The third-order valence-electron chi connectivity index (χ3n) is 2.43. The topological polar surface area (TPSA) is 52.6 Å². The molecule has 80 valence electrons. The van der Waals surface area contributed by atoms with Gasteiger partial charge in [0.15, 0.2) is 0 Å². The van der Waals surface area contributed by atoms with Gasteiger partial charge < -0.3 is 10.4 Å². The molecule has 1 aliphatic heterocycles. The number of likely N-dealkylation sites (tertiary alicyclic amines) is 1. The number of piperidine rings is 1. The second-order valence-corrected chi connectivity index (χ2v) is 3.66. The van der Waals surface area contributed by atoms with Gasteiger partial charge in [-0.25, -0.2) is 0 Å². The van der Waals surface area contributed by atoms with Gasteiger partial charge in [0.2, 0.25) is 0 Å². The quantitative estimate of drug-likeness (QED) is 0.624. The minimum Gasteiger partial charge on any atom is -0.480 e. The standard InChI is InChI=1S/C10H18N2O2/c1-2-5-12-6-3-4-9(8-12)11-7-10(13)14/h2,9,11H,1,3-8H2,(H,13,14). The molecule has 4 heteroatoms. The predicted octanol–water partition coefficient (Wildman–Crippen LogP) is 0.311. The Labute approximate surface area is 84.6 Å². The Balaban J connectivity index is 2.25. The lowest BCUT2D eigenvalue weighted by molar-refractivity contribution is -0.136. The summed E-state index contributed by atoms with van der Waals surface area (Å²) in [5, 5.41) is 11.6. The highest BCUT2D eigenvalue weighted by molar-refractivity contribution is 5.69. The monoisotopic (exact) mass is 198 g/mol. The van der Waals surface area contributed by atoms with Gasteiger partial charge in [0.1, 0.15) is 0 Å². The van der Waals surface area contributed by atoms with Crippen molar-refractivity contribution in [2.45, 2.75) is 18.9 Å². The van der Waals surface area contributed by atoms with E-state index in [1.54, 1.807) is 0 Å². The van der Waals surface area contributed by atoms with Crippen molar-refractivity contribution in [3.05, 3.63) is 12.7 Å². The average Bonchev–Trinajstić information content (AvgIpc) is 2.16. The SMILES string of the molecule is C=CCN1CCCC(NCC(=O)O)C1. The summed E-state index contributed by atoms with van der Waals surface area (Å²) >= 11 is 0. The first-order valence-electron chi connectivity index (χ1n) is 5.01. The minimum absolute atomic E-state index is 0.0621. The summed E-state index contributed by atoms with van der Waals surface area (Å²) in [5.74, 6) is -0.786. The van der Waals surface area contributed by atoms with Crippen LogP contribution in [0.2, 0.25) is 0 Å². The molecule has 2 N–H and O–H groups in total. The minimum atomic E-state index is -0.786. The molecule has 1 saturated heterocycles. The lowest BCUT2D eigenvalue weighted by atomic mass is 10.1. The summed E-state index contributed by atoms with van der Waals surface area (Å²) < 4.78 is 0. The number of nitrogens with zero attached hydrogens (tertiary/aromatic N) is 1. The molecule has 1 aliphatic rings. The summed E-state index contributed by atoms with van der Waals surface area (Å²) in [6.45, 7) is 6.68. The van der Waals surface area contributed by atoms with Gasteiger partial charge in [0.25, 0.3) is 0 Å². The number of nitrogens with one attached hydrogen (secondary N) is 1. The van der Waals surface area contributed by atoms with Crippen molar-refractivity contribution < 1.29 is 9.90 Å². The van der Waals surface area contributed by atoms with Crippen molar-refractivity contribution in [2.75, 3.05) is 26.2 Å². The summed E-state index contributed by atoms with van der Waals surface area (Å²) in [6.07, 6.45) is 4.09. The van der Waals surface area contributed by atoms with Gasteiger partial charge in [-0.1, -0.05) is 6.08 Å². The number of carboxylic acids is 1. The molecule has 0 aliphatic carbocycles. The van der Waals surface area contributed by atoms with E-state index in [0.29, 0.717) is 6.04 Å². The van der Waals surface area contributed by atoms with Crippen molar-refractivity contribution in [1.29, 1.82) is 0 Å². The van der Waals surface area contributed by atoms with Crippen LogP contribution in [0.3, 0.4) is 0 Å². The Kier molecular flexibility index (Phi) is 4.62. The van der Waals surface area contributed by atoms with Gasteiger partial charge in [-0.2, -0.15) is 0 Å². The zero-order chi connectivity index (χ0) is 10.4. The molecule has 0 radical (unpaired) electrons. The summed E-state index contributed by atoms with van der Waals surface area (Å²) in [4.78, 5) is 12.6. The fourth-order valence-corrected chi connectivity index (χ4v) is 1.80. The lowest BCUT2D eigenvalue weighted by Gasteiger charge is -2.32. The van der Waals surface area contributed by atoms with Crippen LogP contribution in [-0.4, -0.2) is 48.2 Å². The largest absolute Gasteiger partial charge is 0.480 e. The summed E-state index contributed by atoms with van der Waals surface area (Å²) in [7, 11) is 0. The molecule has 0 aromatic rings. The van der Waals surface area contributed by atoms with E-state index in [-0.39, 0.29) is 6.54 Å². The van der Waals surface area contributed by atoms with Crippen molar-refractivity contribution in [2.24, 2.45) is 0 Å². The fraction of sp³-hybridized carbons (Fsp3) is 0.700. The number of carbonyl (C=O) groups is 1. The summed E-state index contributed by atoms with van der Waals surface area (Å²) in [5.41, 5.74) is 0. The van der Waals surface area contributed by atoms with E-state index in [9.17, 15) is 4.79 Å². The van der Waals surface area contributed by atoms with E-state index in [1.807, 2.05) is 6.08 Å². The van der Waals surface area contributed by atoms with Gasteiger partial charge >= 0.3 is 5.97 Å². The summed E-state index contributed by atoms with van der Waals surface area (Å²) in [6, 6.07) is 0.319. The number of hydrogen-bond acceptors (Lipinski definition) is 3. The molecule has 1 fully saturated rings. The zero-order valence-corrected chi connectivity index (χ0v) is 8.41. The normalized spacial score (nSPS) is 23.3. The molecular formula is C10H18N2O2. The number of carboxylic acid groups (broad SMARTS) is 1. The van der Waals surface area contributed by atoms with Gasteiger partial charge in [-0.05, 0) is 19.4 Å². The van der Waals surface area contributed by atoms with E-state index in [4.69, 9.17) is 5.11 Å². The molecule has 0 amide bonds. The zero-order valence-electron chi connectivity index (χ0n) is 8.41. The average molecular weight is 198 g/mol. The molecule has 0 aromatic carbocycles. The van der Waals surface area contributed by atoms with Crippen molar-refractivity contribution >= 4 is 5.97 Å². The van der Waals surface area contributed by atoms with Crippen LogP contribution < -0.4 is 5.32 Å². The second-order valence-electron chi connectivity index (χ2n) is 3.66. The second kappa shape index (κ2) is 5.78. The van der Waals surface area contributed by atoms with Crippen LogP contribution in [0.5, 0.6) is 0 Å². The fourth-order valence-electron chi connectivity index (χ4n) is 1.80. The van der Waals surface area contributed by atoms with Gasteiger partial charge in [0.05, 0.1) is 6.54 Å². The molecule has 4 nitrogen and oxygen atoms in total.